The summed E-state index contributed by atoms with van der Waals surface area (Å²) in [6.45, 7) is 1.71. The molecule has 0 unspecified atom stereocenters. The molecule has 0 fully saturated rings. The van der Waals surface area contributed by atoms with Crippen molar-refractivity contribution in [3.63, 3.8) is 0 Å². The van der Waals surface area contributed by atoms with Crippen molar-refractivity contribution in [2.75, 3.05) is 0 Å². The van der Waals surface area contributed by atoms with E-state index in [1.165, 1.54) is 4.09 Å². The molecule has 2 rings (SSSR count). The van der Waals surface area contributed by atoms with Gasteiger partial charge in [0.2, 0.25) is 5.28 Å². The number of aromatic nitrogens is 4. The Hall–Kier alpha value is -0.580. The molecular weight excluding hydrogens is 234 g/mol. The maximum Gasteiger partial charge on any atom is 0.225 e. The third kappa shape index (κ3) is 1.35. The number of aryl methyl sites for hydroxylation is 1. The minimum absolute atomic E-state index is 0.117. The second-order valence-corrected chi connectivity index (χ2v) is 3.43. The van der Waals surface area contributed by atoms with Crippen LogP contribution in [-0.4, -0.2) is 19.0 Å². The molecule has 0 radical (unpaired) electrons. The van der Waals surface area contributed by atoms with Gasteiger partial charge in [0.25, 0.3) is 0 Å². The van der Waals surface area contributed by atoms with Crippen LogP contribution in [0.15, 0.2) is 0 Å². The quantitative estimate of drug-likeness (QED) is 0.522. The molecule has 0 bridgehead atoms. The van der Waals surface area contributed by atoms with Crippen LogP contribution in [0.25, 0.3) is 11.5 Å². The Morgan fingerprint density at radius 1 is 1.15 bits per heavy atom. The highest BCUT2D eigenvalue weighted by Crippen LogP contribution is 2.28. The van der Waals surface area contributed by atoms with Gasteiger partial charge in [-0.25, -0.2) is 14.1 Å². The summed E-state index contributed by atoms with van der Waals surface area (Å²) >= 11 is 17.2. The first-order valence-corrected chi connectivity index (χ1v) is 4.43. The molecule has 0 spiro atoms. The fourth-order valence-corrected chi connectivity index (χ4v) is 1.49. The molecule has 7 heteroatoms. The molecule has 0 saturated carbocycles. The Morgan fingerprint density at radius 2 is 1.85 bits per heavy atom. The molecule has 0 aromatic rings. The SMILES string of the molecule is Cc1nc2nc(Cl)nc-2c(Cl)n1Cl. The van der Waals surface area contributed by atoms with Crippen LogP contribution >= 0.6 is 35.0 Å². The molecule has 0 aromatic carbocycles. The van der Waals surface area contributed by atoms with Crippen LogP contribution < -0.4 is 0 Å². The maximum atomic E-state index is 5.87. The summed E-state index contributed by atoms with van der Waals surface area (Å²) in [7, 11) is 0. The Bertz CT molecular complexity index is 438. The standard InChI is InChI=1S/C6H3Cl3N4/c1-2-10-5-3(4(7)13(2)9)11-6(8)12-5/h1H3. The van der Waals surface area contributed by atoms with E-state index in [1.807, 2.05) is 0 Å². The Kier molecular flexibility index (Phi) is 2.06. The number of hydrogen-bond acceptors (Lipinski definition) is 3. The molecular formula is C6H3Cl3N4. The third-order valence-electron chi connectivity index (χ3n) is 1.53. The van der Waals surface area contributed by atoms with Gasteiger partial charge >= 0.3 is 0 Å². The zero-order valence-electron chi connectivity index (χ0n) is 6.42. The van der Waals surface area contributed by atoms with Crippen LogP contribution in [0.4, 0.5) is 0 Å². The van der Waals surface area contributed by atoms with Crippen molar-refractivity contribution >= 4 is 35.0 Å². The topological polar surface area (TPSA) is 43.6 Å². The third-order valence-corrected chi connectivity index (χ3v) is 2.55. The van der Waals surface area contributed by atoms with Gasteiger partial charge in [0.1, 0.15) is 11.5 Å². The van der Waals surface area contributed by atoms with Crippen molar-refractivity contribution < 1.29 is 0 Å². The van der Waals surface area contributed by atoms with Crippen molar-refractivity contribution in [3.05, 3.63) is 16.3 Å². The van der Waals surface area contributed by atoms with Gasteiger partial charge in [0, 0.05) is 11.8 Å². The van der Waals surface area contributed by atoms with Gasteiger partial charge in [-0.15, -0.1) is 0 Å². The first-order chi connectivity index (χ1) is 6.09. The van der Waals surface area contributed by atoms with Crippen LogP contribution in [0.5, 0.6) is 0 Å². The zero-order chi connectivity index (χ0) is 9.59. The Morgan fingerprint density at radius 3 is 2.54 bits per heavy atom. The molecule has 2 aliphatic rings. The largest absolute Gasteiger partial charge is 0.227 e. The van der Waals surface area contributed by atoms with Crippen LogP contribution in [0, 0.1) is 6.92 Å². The van der Waals surface area contributed by atoms with E-state index in [9.17, 15) is 0 Å². The lowest BCUT2D eigenvalue weighted by atomic mass is 10.4. The summed E-state index contributed by atoms with van der Waals surface area (Å²) in [5.41, 5.74) is 0.410. The van der Waals surface area contributed by atoms with Gasteiger partial charge in [-0.05, 0) is 18.5 Å². The molecule has 2 heterocycles. The van der Waals surface area contributed by atoms with E-state index in [1.54, 1.807) is 6.92 Å². The van der Waals surface area contributed by atoms with E-state index in [-0.39, 0.29) is 10.4 Å². The van der Waals surface area contributed by atoms with Crippen molar-refractivity contribution in [2.45, 2.75) is 6.92 Å². The van der Waals surface area contributed by atoms with Gasteiger partial charge in [0.15, 0.2) is 11.0 Å². The van der Waals surface area contributed by atoms with Gasteiger partial charge in [-0.3, -0.25) is 0 Å². The summed E-state index contributed by atoms with van der Waals surface area (Å²) < 4.78 is 1.20. The lowest BCUT2D eigenvalue weighted by Crippen LogP contribution is -2.00. The van der Waals surface area contributed by atoms with Crippen LogP contribution in [-0.2, 0) is 0 Å². The molecule has 0 amide bonds. The summed E-state index contributed by atoms with van der Waals surface area (Å²) in [5.74, 6) is 0.945. The van der Waals surface area contributed by atoms with Crippen molar-refractivity contribution in [1.82, 2.24) is 19.0 Å². The lowest BCUT2D eigenvalue weighted by Gasteiger charge is -2.05. The normalized spacial score (nSPS) is 11.1. The fraction of sp³-hybridized carbons (Fsp3) is 0.167. The van der Waals surface area contributed by atoms with Crippen LogP contribution in [0.1, 0.15) is 5.82 Å². The minimum Gasteiger partial charge on any atom is -0.227 e. The van der Waals surface area contributed by atoms with Crippen molar-refractivity contribution in [3.8, 4) is 11.5 Å². The van der Waals surface area contributed by atoms with Crippen LogP contribution in [0.2, 0.25) is 10.4 Å². The Labute approximate surface area is 88.9 Å². The first-order valence-electron chi connectivity index (χ1n) is 3.34. The summed E-state index contributed by atoms with van der Waals surface area (Å²) in [6, 6.07) is 0. The molecule has 4 nitrogen and oxygen atoms in total. The lowest BCUT2D eigenvalue weighted by molar-refractivity contribution is 0.978. The van der Waals surface area contributed by atoms with E-state index in [0.29, 0.717) is 17.3 Å². The average molecular weight is 237 g/mol. The maximum absolute atomic E-state index is 5.87. The second-order valence-electron chi connectivity index (χ2n) is 2.40. The number of hydrogen-bond donors (Lipinski definition) is 0. The van der Waals surface area contributed by atoms with Crippen molar-refractivity contribution in [2.24, 2.45) is 0 Å². The predicted molar refractivity (Wildman–Crippen MR) is 50.4 cm³/mol. The molecule has 0 aliphatic carbocycles. The highest BCUT2D eigenvalue weighted by Gasteiger charge is 2.18. The number of imidazole rings is 1. The predicted octanol–water partition coefficient (Wildman–Crippen LogP) is 2.40. The van der Waals surface area contributed by atoms with E-state index in [4.69, 9.17) is 35.0 Å². The zero-order valence-corrected chi connectivity index (χ0v) is 8.69. The fourth-order valence-electron chi connectivity index (χ4n) is 0.956. The van der Waals surface area contributed by atoms with E-state index >= 15 is 0 Å². The molecule has 0 N–H and O–H groups in total. The first kappa shape index (κ1) is 8.99. The molecule has 13 heavy (non-hydrogen) atoms. The van der Waals surface area contributed by atoms with E-state index in [2.05, 4.69) is 15.0 Å². The van der Waals surface area contributed by atoms with E-state index in [0.717, 1.165) is 0 Å². The average Bonchev–Trinajstić information content (AvgIpc) is 2.42. The van der Waals surface area contributed by atoms with Gasteiger partial charge in [-0.1, -0.05) is 11.6 Å². The highest BCUT2D eigenvalue weighted by atomic mass is 35.5. The van der Waals surface area contributed by atoms with E-state index < -0.39 is 0 Å². The minimum atomic E-state index is 0.117. The summed E-state index contributed by atoms with van der Waals surface area (Å²) in [6.07, 6.45) is 0. The number of halogens is 3. The van der Waals surface area contributed by atoms with Gasteiger partial charge < -0.3 is 0 Å². The monoisotopic (exact) mass is 236 g/mol. The highest BCUT2D eigenvalue weighted by molar-refractivity contribution is 6.35. The molecule has 2 aliphatic heterocycles. The number of rotatable bonds is 0. The molecule has 0 saturated heterocycles. The summed E-state index contributed by atoms with van der Waals surface area (Å²) in [4.78, 5) is 11.8. The van der Waals surface area contributed by atoms with Crippen molar-refractivity contribution in [1.29, 1.82) is 0 Å². The molecule has 0 aromatic heterocycles. The Balaban J connectivity index is 2.85. The number of fused-ring (bicyclic) bond motifs is 1. The van der Waals surface area contributed by atoms with Crippen LogP contribution in [0.3, 0.4) is 0 Å². The second kappa shape index (κ2) is 2.97. The summed E-state index contributed by atoms with van der Waals surface area (Å²) in [5, 5.41) is 0.384. The smallest absolute Gasteiger partial charge is 0.225 e. The molecule has 68 valence electrons. The molecule has 0 atom stereocenters. The van der Waals surface area contributed by atoms with Gasteiger partial charge in [-0.2, -0.15) is 4.98 Å². The van der Waals surface area contributed by atoms with Gasteiger partial charge in [0.05, 0.1) is 0 Å². The number of nitrogens with zero attached hydrogens (tertiary/aromatic N) is 4.